The van der Waals surface area contributed by atoms with Crippen LogP contribution in [0.1, 0.15) is 31.4 Å². The molecule has 1 rings (SSSR count). The van der Waals surface area contributed by atoms with Crippen LogP contribution in [0.3, 0.4) is 0 Å². The van der Waals surface area contributed by atoms with Gasteiger partial charge in [-0.1, -0.05) is 6.92 Å². The highest BCUT2D eigenvalue weighted by molar-refractivity contribution is 5.74. The maximum Gasteiger partial charge on any atom is 0.219 e. The van der Waals surface area contributed by atoms with E-state index in [1.807, 2.05) is 10.9 Å². The summed E-state index contributed by atoms with van der Waals surface area (Å²) in [5.74, 6) is -0.388. The molecule has 0 fully saturated rings. The first-order chi connectivity index (χ1) is 6.63. The Bertz CT molecular complexity index is 308. The molecule has 1 heterocycles. The predicted molar refractivity (Wildman–Crippen MR) is 53.3 cm³/mol. The summed E-state index contributed by atoms with van der Waals surface area (Å²) < 4.78 is 1.82. The fourth-order valence-corrected chi connectivity index (χ4v) is 1.26. The van der Waals surface area contributed by atoms with Crippen LogP contribution in [0.2, 0.25) is 0 Å². The third kappa shape index (κ3) is 2.85. The SMILES string of the molecule is CCCn1cc(C(N)CC(N)=O)cn1. The van der Waals surface area contributed by atoms with Gasteiger partial charge in [-0.3, -0.25) is 9.48 Å². The van der Waals surface area contributed by atoms with Crippen molar-refractivity contribution in [2.45, 2.75) is 32.4 Å². The van der Waals surface area contributed by atoms with Gasteiger partial charge >= 0.3 is 0 Å². The normalized spacial score (nSPS) is 12.7. The summed E-state index contributed by atoms with van der Waals surface area (Å²) in [7, 11) is 0. The monoisotopic (exact) mass is 196 g/mol. The van der Waals surface area contributed by atoms with Crippen molar-refractivity contribution >= 4 is 5.91 Å². The van der Waals surface area contributed by atoms with Crippen molar-refractivity contribution in [3.8, 4) is 0 Å². The highest BCUT2D eigenvalue weighted by Crippen LogP contribution is 2.12. The van der Waals surface area contributed by atoms with E-state index >= 15 is 0 Å². The number of carbonyl (C=O) groups is 1. The Morgan fingerprint density at radius 1 is 1.71 bits per heavy atom. The van der Waals surface area contributed by atoms with E-state index in [4.69, 9.17) is 11.5 Å². The molecule has 1 amide bonds. The Morgan fingerprint density at radius 3 is 3.00 bits per heavy atom. The predicted octanol–water partition coefficient (Wildman–Crippen LogP) is 0.168. The van der Waals surface area contributed by atoms with Crippen LogP contribution in [-0.2, 0) is 11.3 Å². The quantitative estimate of drug-likeness (QED) is 0.703. The first-order valence-corrected chi connectivity index (χ1v) is 4.69. The Morgan fingerprint density at radius 2 is 2.43 bits per heavy atom. The van der Waals surface area contributed by atoms with Crippen molar-refractivity contribution in [3.63, 3.8) is 0 Å². The van der Waals surface area contributed by atoms with Gasteiger partial charge in [-0.15, -0.1) is 0 Å². The van der Waals surface area contributed by atoms with Crippen LogP contribution in [0.5, 0.6) is 0 Å². The van der Waals surface area contributed by atoms with Gasteiger partial charge < -0.3 is 11.5 Å². The number of carbonyl (C=O) groups excluding carboxylic acids is 1. The second-order valence-electron chi connectivity index (χ2n) is 3.31. The number of amides is 1. The van der Waals surface area contributed by atoms with E-state index in [9.17, 15) is 4.79 Å². The number of nitrogens with zero attached hydrogens (tertiary/aromatic N) is 2. The molecule has 0 saturated heterocycles. The van der Waals surface area contributed by atoms with Crippen molar-refractivity contribution in [2.75, 3.05) is 0 Å². The molecule has 0 aromatic carbocycles. The summed E-state index contributed by atoms with van der Waals surface area (Å²) in [6.45, 7) is 2.94. The van der Waals surface area contributed by atoms with Gasteiger partial charge in [0, 0.05) is 30.8 Å². The average Bonchev–Trinajstić information content (AvgIpc) is 2.52. The molecule has 0 aliphatic heterocycles. The summed E-state index contributed by atoms with van der Waals surface area (Å²) in [6.07, 6.45) is 4.73. The van der Waals surface area contributed by atoms with Crippen molar-refractivity contribution < 1.29 is 4.79 Å². The molecule has 0 saturated carbocycles. The van der Waals surface area contributed by atoms with Crippen LogP contribution in [0, 0.1) is 0 Å². The third-order valence-electron chi connectivity index (χ3n) is 1.96. The van der Waals surface area contributed by atoms with Crippen LogP contribution >= 0.6 is 0 Å². The number of rotatable bonds is 5. The van der Waals surface area contributed by atoms with Crippen molar-refractivity contribution in [3.05, 3.63) is 18.0 Å². The fraction of sp³-hybridized carbons (Fsp3) is 0.556. The Hall–Kier alpha value is -1.36. The molecule has 1 aromatic rings. The fourth-order valence-electron chi connectivity index (χ4n) is 1.26. The van der Waals surface area contributed by atoms with E-state index in [0.29, 0.717) is 0 Å². The number of nitrogens with two attached hydrogens (primary N) is 2. The van der Waals surface area contributed by atoms with Gasteiger partial charge in [0.25, 0.3) is 0 Å². The lowest BCUT2D eigenvalue weighted by molar-refractivity contribution is -0.118. The van der Waals surface area contributed by atoms with Gasteiger partial charge in [0.05, 0.1) is 6.20 Å². The zero-order valence-corrected chi connectivity index (χ0v) is 8.31. The van der Waals surface area contributed by atoms with E-state index < -0.39 is 0 Å². The number of aromatic nitrogens is 2. The molecule has 5 nitrogen and oxygen atoms in total. The Balaban J connectivity index is 2.61. The van der Waals surface area contributed by atoms with Gasteiger partial charge in [0.1, 0.15) is 0 Å². The van der Waals surface area contributed by atoms with E-state index in [1.54, 1.807) is 6.20 Å². The minimum atomic E-state index is -0.388. The Kier molecular flexibility index (Phi) is 3.64. The van der Waals surface area contributed by atoms with Gasteiger partial charge in [-0.05, 0) is 6.42 Å². The zero-order chi connectivity index (χ0) is 10.6. The van der Waals surface area contributed by atoms with E-state index in [-0.39, 0.29) is 18.4 Å². The van der Waals surface area contributed by atoms with Crippen LogP contribution in [0.25, 0.3) is 0 Å². The molecule has 1 atom stereocenters. The molecule has 0 radical (unpaired) electrons. The molecule has 0 aliphatic carbocycles. The lowest BCUT2D eigenvalue weighted by Crippen LogP contribution is -2.20. The van der Waals surface area contributed by atoms with Gasteiger partial charge in [-0.2, -0.15) is 5.10 Å². The molecule has 0 aliphatic rings. The van der Waals surface area contributed by atoms with Crippen LogP contribution in [0.15, 0.2) is 12.4 Å². The van der Waals surface area contributed by atoms with E-state index in [2.05, 4.69) is 12.0 Å². The number of hydrogen-bond acceptors (Lipinski definition) is 3. The van der Waals surface area contributed by atoms with Crippen LogP contribution < -0.4 is 11.5 Å². The average molecular weight is 196 g/mol. The highest BCUT2D eigenvalue weighted by atomic mass is 16.1. The maximum absolute atomic E-state index is 10.6. The summed E-state index contributed by atoms with van der Waals surface area (Å²) in [5.41, 5.74) is 11.7. The first kappa shape index (κ1) is 10.7. The molecule has 5 heteroatoms. The van der Waals surface area contributed by atoms with Gasteiger partial charge in [0.2, 0.25) is 5.91 Å². The first-order valence-electron chi connectivity index (χ1n) is 4.69. The molecule has 0 bridgehead atoms. The third-order valence-corrected chi connectivity index (χ3v) is 1.96. The second-order valence-corrected chi connectivity index (χ2v) is 3.31. The molecular formula is C9H16N4O. The van der Waals surface area contributed by atoms with Crippen molar-refractivity contribution in [1.29, 1.82) is 0 Å². The van der Waals surface area contributed by atoms with Crippen LogP contribution in [0.4, 0.5) is 0 Å². The molecular weight excluding hydrogens is 180 g/mol. The van der Waals surface area contributed by atoms with Gasteiger partial charge in [-0.25, -0.2) is 0 Å². The van der Waals surface area contributed by atoms with Crippen molar-refractivity contribution in [2.24, 2.45) is 11.5 Å². The minimum absolute atomic E-state index is 0.165. The standard InChI is InChI=1S/C9H16N4O/c1-2-3-13-6-7(5-12-13)8(10)4-9(11)14/h5-6,8H,2-4,10H2,1H3,(H2,11,14). The molecule has 14 heavy (non-hydrogen) atoms. The van der Waals surface area contributed by atoms with Gasteiger partial charge in [0.15, 0.2) is 0 Å². The molecule has 78 valence electrons. The summed E-state index contributed by atoms with van der Waals surface area (Å²) in [6, 6.07) is -0.335. The number of aryl methyl sites for hydroxylation is 1. The minimum Gasteiger partial charge on any atom is -0.370 e. The number of primary amides is 1. The largest absolute Gasteiger partial charge is 0.370 e. The van der Waals surface area contributed by atoms with Crippen LogP contribution in [-0.4, -0.2) is 15.7 Å². The lowest BCUT2D eigenvalue weighted by atomic mass is 10.1. The molecule has 4 N–H and O–H groups in total. The molecule has 0 spiro atoms. The number of hydrogen-bond donors (Lipinski definition) is 2. The topological polar surface area (TPSA) is 86.9 Å². The molecule has 1 aromatic heterocycles. The maximum atomic E-state index is 10.6. The summed E-state index contributed by atoms with van der Waals surface area (Å²) in [4.78, 5) is 10.6. The smallest absolute Gasteiger partial charge is 0.219 e. The summed E-state index contributed by atoms with van der Waals surface area (Å²) >= 11 is 0. The lowest BCUT2D eigenvalue weighted by Gasteiger charge is -2.05. The second kappa shape index (κ2) is 4.76. The zero-order valence-electron chi connectivity index (χ0n) is 8.31. The molecule has 1 unspecified atom stereocenters. The van der Waals surface area contributed by atoms with Crippen molar-refractivity contribution in [1.82, 2.24) is 9.78 Å². The summed E-state index contributed by atoms with van der Waals surface area (Å²) in [5, 5.41) is 4.12. The van der Waals surface area contributed by atoms with E-state index in [0.717, 1.165) is 18.5 Å². The Labute approximate surface area is 83.1 Å². The highest BCUT2D eigenvalue weighted by Gasteiger charge is 2.10. The van der Waals surface area contributed by atoms with E-state index in [1.165, 1.54) is 0 Å².